The van der Waals surface area contributed by atoms with Gasteiger partial charge in [-0.2, -0.15) is 5.10 Å². The van der Waals surface area contributed by atoms with Crippen molar-refractivity contribution in [2.75, 3.05) is 16.8 Å². The third-order valence-corrected chi connectivity index (χ3v) is 5.76. The first-order chi connectivity index (χ1) is 10.8. The number of carbonyl (C=O) groups is 1. The third kappa shape index (κ3) is 3.44. The Kier molecular flexibility index (Phi) is 3.97. The summed E-state index contributed by atoms with van der Waals surface area (Å²) < 4.78 is 24.7. The minimum absolute atomic E-state index is 0.0529. The number of nitrogens with one attached hydrogen (secondary N) is 1. The molecule has 1 aliphatic heterocycles. The minimum atomic E-state index is -3.05. The van der Waals surface area contributed by atoms with Crippen molar-refractivity contribution in [1.82, 2.24) is 9.78 Å². The van der Waals surface area contributed by atoms with E-state index in [1.54, 1.807) is 12.1 Å². The van der Waals surface area contributed by atoms with E-state index in [2.05, 4.69) is 10.4 Å². The predicted molar refractivity (Wildman–Crippen MR) is 88.4 cm³/mol. The van der Waals surface area contributed by atoms with Gasteiger partial charge in [0.15, 0.2) is 9.84 Å². The Bertz CT molecular complexity index is 838. The molecule has 122 valence electrons. The number of sulfone groups is 1. The topological polar surface area (TPSA) is 81.1 Å². The van der Waals surface area contributed by atoms with Crippen LogP contribution >= 0.6 is 0 Å². The highest BCUT2D eigenvalue weighted by Crippen LogP contribution is 2.21. The lowest BCUT2D eigenvalue weighted by Crippen LogP contribution is -2.23. The van der Waals surface area contributed by atoms with Crippen molar-refractivity contribution in [2.45, 2.75) is 20.3 Å². The van der Waals surface area contributed by atoms with E-state index in [9.17, 15) is 13.2 Å². The molecule has 2 heterocycles. The number of carbonyl (C=O) groups excluding carboxylic acids is 1. The van der Waals surface area contributed by atoms with Crippen LogP contribution in [0.5, 0.6) is 0 Å². The normalized spacial score (nSPS) is 19.7. The summed E-state index contributed by atoms with van der Waals surface area (Å²) in [6.07, 6.45) is 0.401. The van der Waals surface area contributed by atoms with Crippen LogP contribution in [0.1, 0.15) is 17.8 Å². The number of aromatic nitrogens is 2. The van der Waals surface area contributed by atoms with E-state index >= 15 is 0 Å². The SMILES string of the molecule is Cc1cc(C)n(-c2ccc(NC(=O)[C@H]3CCS(=O)(=O)C3)cc2)n1. The molecule has 0 spiro atoms. The number of anilines is 1. The van der Waals surface area contributed by atoms with E-state index in [0.717, 1.165) is 17.1 Å². The highest BCUT2D eigenvalue weighted by atomic mass is 32.2. The molecule has 1 N–H and O–H groups in total. The summed E-state index contributed by atoms with van der Waals surface area (Å²) in [5.74, 6) is -0.634. The fraction of sp³-hybridized carbons (Fsp3) is 0.375. The Morgan fingerprint density at radius 2 is 1.96 bits per heavy atom. The average molecular weight is 333 g/mol. The van der Waals surface area contributed by atoms with Crippen molar-refractivity contribution >= 4 is 21.4 Å². The second kappa shape index (κ2) is 5.81. The maximum atomic E-state index is 12.1. The summed E-state index contributed by atoms with van der Waals surface area (Å²) in [5.41, 5.74) is 3.55. The zero-order chi connectivity index (χ0) is 16.6. The zero-order valence-electron chi connectivity index (χ0n) is 13.1. The molecule has 6 nitrogen and oxygen atoms in total. The van der Waals surface area contributed by atoms with Gasteiger partial charge in [-0.1, -0.05) is 0 Å². The second-order valence-electron chi connectivity index (χ2n) is 5.97. The fourth-order valence-electron chi connectivity index (χ4n) is 2.82. The number of nitrogens with zero attached hydrogens (tertiary/aromatic N) is 2. The van der Waals surface area contributed by atoms with Gasteiger partial charge >= 0.3 is 0 Å². The molecule has 7 heteroatoms. The Balaban J connectivity index is 1.71. The maximum Gasteiger partial charge on any atom is 0.228 e. The van der Waals surface area contributed by atoms with Crippen molar-refractivity contribution in [1.29, 1.82) is 0 Å². The first-order valence-electron chi connectivity index (χ1n) is 7.49. The molecule has 1 aliphatic rings. The highest BCUT2D eigenvalue weighted by Gasteiger charge is 2.32. The Labute approximate surface area is 135 Å². The van der Waals surface area contributed by atoms with Crippen LogP contribution in [0.2, 0.25) is 0 Å². The Morgan fingerprint density at radius 1 is 1.26 bits per heavy atom. The lowest BCUT2D eigenvalue weighted by atomic mass is 10.1. The van der Waals surface area contributed by atoms with Crippen molar-refractivity contribution in [3.8, 4) is 5.69 Å². The van der Waals surface area contributed by atoms with Crippen molar-refractivity contribution in [3.05, 3.63) is 41.7 Å². The summed E-state index contributed by atoms with van der Waals surface area (Å²) >= 11 is 0. The molecular weight excluding hydrogens is 314 g/mol. The largest absolute Gasteiger partial charge is 0.326 e. The molecule has 0 aliphatic carbocycles. The van der Waals surface area contributed by atoms with Crippen LogP contribution in [-0.2, 0) is 14.6 Å². The number of hydrogen-bond donors (Lipinski definition) is 1. The van der Waals surface area contributed by atoms with Crippen molar-refractivity contribution in [3.63, 3.8) is 0 Å². The molecule has 3 rings (SSSR count). The van der Waals surface area contributed by atoms with Crippen LogP contribution < -0.4 is 5.32 Å². The molecule has 1 saturated heterocycles. The lowest BCUT2D eigenvalue weighted by molar-refractivity contribution is -0.119. The van der Waals surface area contributed by atoms with Crippen LogP contribution in [0.25, 0.3) is 5.69 Å². The van der Waals surface area contributed by atoms with E-state index in [1.807, 2.05) is 36.7 Å². The van der Waals surface area contributed by atoms with E-state index in [1.165, 1.54) is 0 Å². The van der Waals surface area contributed by atoms with Gasteiger partial charge in [-0.15, -0.1) is 0 Å². The molecule has 0 radical (unpaired) electrons. The van der Waals surface area contributed by atoms with Gasteiger partial charge in [0.05, 0.1) is 28.8 Å². The first kappa shape index (κ1) is 15.7. The second-order valence-corrected chi connectivity index (χ2v) is 8.20. The molecule has 0 saturated carbocycles. The van der Waals surface area contributed by atoms with Gasteiger partial charge in [-0.25, -0.2) is 13.1 Å². The number of hydrogen-bond acceptors (Lipinski definition) is 4. The molecule has 1 amide bonds. The van der Waals surface area contributed by atoms with Crippen LogP contribution in [0.4, 0.5) is 5.69 Å². The number of rotatable bonds is 3. The summed E-state index contributed by atoms with van der Waals surface area (Å²) in [4.78, 5) is 12.1. The van der Waals surface area contributed by atoms with E-state index < -0.39 is 15.8 Å². The van der Waals surface area contributed by atoms with Crippen LogP contribution in [0, 0.1) is 19.8 Å². The minimum Gasteiger partial charge on any atom is -0.326 e. The van der Waals surface area contributed by atoms with Crippen LogP contribution in [0.3, 0.4) is 0 Å². The number of aryl methyl sites for hydroxylation is 2. The molecule has 0 unspecified atom stereocenters. The highest BCUT2D eigenvalue weighted by molar-refractivity contribution is 7.91. The summed E-state index contributed by atoms with van der Waals surface area (Å²) in [7, 11) is -3.05. The Hall–Kier alpha value is -2.15. The van der Waals surface area contributed by atoms with Gasteiger partial charge in [0.25, 0.3) is 0 Å². The smallest absolute Gasteiger partial charge is 0.228 e. The molecule has 1 aromatic carbocycles. The zero-order valence-corrected chi connectivity index (χ0v) is 13.9. The van der Waals surface area contributed by atoms with E-state index in [0.29, 0.717) is 12.1 Å². The monoisotopic (exact) mass is 333 g/mol. The van der Waals surface area contributed by atoms with Crippen molar-refractivity contribution in [2.24, 2.45) is 5.92 Å². The van der Waals surface area contributed by atoms with Gasteiger partial charge < -0.3 is 5.32 Å². The maximum absolute atomic E-state index is 12.1. The summed E-state index contributed by atoms with van der Waals surface area (Å²) in [6.45, 7) is 3.92. The van der Waals surface area contributed by atoms with Crippen molar-refractivity contribution < 1.29 is 13.2 Å². The van der Waals surface area contributed by atoms with E-state index in [-0.39, 0.29) is 17.4 Å². The van der Waals surface area contributed by atoms with E-state index in [4.69, 9.17) is 0 Å². The van der Waals surface area contributed by atoms with Gasteiger partial charge in [0.1, 0.15) is 0 Å². The quantitative estimate of drug-likeness (QED) is 0.929. The molecule has 1 aromatic heterocycles. The fourth-order valence-corrected chi connectivity index (χ4v) is 4.56. The van der Waals surface area contributed by atoms with Crippen LogP contribution in [-0.4, -0.2) is 35.6 Å². The Morgan fingerprint density at radius 3 is 2.48 bits per heavy atom. The average Bonchev–Trinajstić information content (AvgIpc) is 3.01. The number of amides is 1. The summed E-state index contributed by atoms with van der Waals surface area (Å²) in [5, 5.41) is 7.20. The van der Waals surface area contributed by atoms with Gasteiger partial charge in [-0.3, -0.25) is 4.79 Å². The molecule has 23 heavy (non-hydrogen) atoms. The standard InChI is InChI=1S/C16H19N3O3S/c1-11-9-12(2)19(18-11)15-5-3-14(4-6-15)17-16(20)13-7-8-23(21,22)10-13/h3-6,9,13H,7-8,10H2,1-2H3,(H,17,20)/t13-/m0/s1. The molecule has 1 fully saturated rings. The number of benzene rings is 1. The molecule has 0 bridgehead atoms. The van der Waals surface area contributed by atoms with Gasteiger partial charge in [-0.05, 0) is 50.6 Å². The van der Waals surface area contributed by atoms with Gasteiger partial charge in [0, 0.05) is 11.4 Å². The van der Waals surface area contributed by atoms with Gasteiger partial charge in [0.2, 0.25) is 5.91 Å². The predicted octanol–water partition coefficient (Wildman–Crippen LogP) is 1.86. The van der Waals surface area contributed by atoms with Crippen LogP contribution in [0.15, 0.2) is 30.3 Å². The molecule has 1 atom stereocenters. The first-order valence-corrected chi connectivity index (χ1v) is 9.31. The third-order valence-electron chi connectivity index (χ3n) is 3.99. The lowest BCUT2D eigenvalue weighted by Gasteiger charge is -2.10. The molecular formula is C16H19N3O3S. The summed E-state index contributed by atoms with van der Waals surface area (Å²) in [6, 6.07) is 9.34. The molecule has 2 aromatic rings.